The number of benzene rings is 2. The highest BCUT2D eigenvalue weighted by molar-refractivity contribution is 6.38. The van der Waals surface area contributed by atoms with Gasteiger partial charge in [-0.3, -0.25) is 24.4 Å². The fourth-order valence-corrected chi connectivity index (χ4v) is 4.98. The van der Waals surface area contributed by atoms with Crippen LogP contribution < -0.4 is 21.8 Å². The van der Waals surface area contributed by atoms with Gasteiger partial charge in [0.1, 0.15) is 19.8 Å². The summed E-state index contributed by atoms with van der Waals surface area (Å²) in [5.74, 6) is 0.127. The van der Waals surface area contributed by atoms with Crippen molar-refractivity contribution < 1.29 is 14.4 Å². The quantitative estimate of drug-likeness (QED) is 0.135. The largest absolute Gasteiger partial charge is 0.366 e. The lowest BCUT2D eigenvalue weighted by Gasteiger charge is -2.11. The Bertz CT molecular complexity index is 1850. The van der Waals surface area contributed by atoms with E-state index in [1.807, 2.05) is 49.0 Å². The Balaban J connectivity index is 1.48. The zero-order valence-corrected chi connectivity index (χ0v) is 23.3. The average molecular weight is 551 g/mol. The lowest BCUT2D eigenvalue weighted by Crippen LogP contribution is -2.20. The molecule has 0 unspecified atom stereocenters. The van der Waals surface area contributed by atoms with Crippen LogP contribution in [0.15, 0.2) is 48.6 Å². The van der Waals surface area contributed by atoms with Gasteiger partial charge >= 0.3 is 0 Å². The number of hydrogen-bond acceptors (Lipinski definition) is 7. The number of allylic oxidation sites excluding steroid dienone is 2. The Morgan fingerprint density at radius 1 is 1.02 bits per heavy atom. The van der Waals surface area contributed by atoms with Crippen LogP contribution in [0.5, 0.6) is 0 Å². The first-order valence-electron chi connectivity index (χ1n) is 13.2. The number of hydrogen-bond donors (Lipinski definition) is 3. The number of nitrogens with zero attached hydrogens (tertiary/aromatic N) is 6. The van der Waals surface area contributed by atoms with Gasteiger partial charge in [-0.25, -0.2) is 9.97 Å². The summed E-state index contributed by atoms with van der Waals surface area (Å²) in [6.07, 6.45) is 4.77. The van der Waals surface area contributed by atoms with Crippen molar-refractivity contribution in [2.75, 3.05) is 17.7 Å². The molecule has 0 aliphatic heterocycles. The molecule has 0 saturated carbocycles. The van der Waals surface area contributed by atoms with Crippen LogP contribution in [0, 0.1) is 6.92 Å². The van der Waals surface area contributed by atoms with E-state index in [9.17, 15) is 14.4 Å². The highest BCUT2D eigenvalue weighted by Gasteiger charge is 2.19. The maximum Gasteiger partial charge on any atom is 0.276 e. The molecule has 0 aliphatic carbocycles. The van der Waals surface area contributed by atoms with Gasteiger partial charge in [0.05, 0.1) is 27.8 Å². The van der Waals surface area contributed by atoms with Gasteiger partial charge < -0.3 is 20.2 Å². The zero-order chi connectivity index (χ0) is 29.3. The van der Waals surface area contributed by atoms with Gasteiger partial charge in [-0.15, -0.1) is 0 Å². The van der Waals surface area contributed by atoms with Crippen LogP contribution in [-0.2, 0) is 19.6 Å². The minimum Gasteiger partial charge on any atom is -0.366 e. The van der Waals surface area contributed by atoms with Crippen LogP contribution >= 0.6 is 0 Å². The summed E-state index contributed by atoms with van der Waals surface area (Å²) in [5.41, 5.74) is 11.4. The van der Waals surface area contributed by atoms with Crippen molar-refractivity contribution in [3.05, 3.63) is 71.1 Å². The molecule has 208 valence electrons. The number of rotatable bonds is 10. The van der Waals surface area contributed by atoms with Crippen molar-refractivity contribution in [3.63, 3.8) is 0 Å². The molecule has 0 radical (unpaired) electrons. The van der Waals surface area contributed by atoms with E-state index in [0.29, 0.717) is 53.9 Å². The molecule has 12 nitrogen and oxygen atoms in total. The van der Waals surface area contributed by atoms with E-state index in [4.69, 9.17) is 5.73 Å². The minimum absolute atomic E-state index is 0.334. The SMILES string of the molecule is Bc1cc(C(N)=O)cc2nc(NC(=O)c3cc(C)nn3CC)n(C/C=C/Cn3c(NC)nc4cc(C=O)ccc43)c12. The summed E-state index contributed by atoms with van der Waals surface area (Å²) < 4.78 is 5.54. The van der Waals surface area contributed by atoms with Gasteiger partial charge in [0.15, 0.2) is 0 Å². The lowest BCUT2D eigenvalue weighted by atomic mass is 9.92. The Hall–Kier alpha value is -5.20. The van der Waals surface area contributed by atoms with Crippen LogP contribution in [-0.4, -0.2) is 61.9 Å². The van der Waals surface area contributed by atoms with E-state index in [1.54, 1.807) is 42.1 Å². The molecule has 0 aliphatic rings. The fraction of sp³-hybridized carbons (Fsp3) is 0.214. The third-order valence-electron chi connectivity index (χ3n) is 6.85. The van der Waals surface area contributed by atoms with Crippen LogP contribution in [0.1, 0.15) is 43.8 Å². The molecule has 0 bridgehead atoms. The van der Waals surface area contributed by atoms with Gasteiger partial charge in [-0.2, -0.15) is 5.10 Å². The Labute approximate surface area is 236 Å². The minimum atomic E-state index is -0.550. The molecule has 13 heteroatoms. The smallest absolute Gasteiger partial charge is 0.276 e. The first kappa shape index (κ1) is 27.4. The van der Waals surface area contributed by atoms with Gasteiger partial charge in [0, 0.05) is 37.8 Å². The van der Waals surface area contributed by atoms with E-state index < -0.39 is 5.91 Å². The molecule has 0 saturated heterocycles. The molecule has 3 heterocycles. The molecule has 5 aromatic rings. The van der Waals surface area contributed by atoms with Crippen molar-refractivity contribution in [1.82, 2.24) is 28.9 Å². The normalized spacial score (nSPS) is 11.5. The van der Waals surface area contributed by atoms with Crippen molar-refractivity contribution >= 4 is 65.4 Å². The third kappa shape index (κ3) is 5.21. The number of primary amides is 1. The summed E-state index contributed by atoms with van der Waals surface area (Å²) in [5, 5.41) is 10.4. The van der Waals surface area contributed by atoms with Crippen molar-refractivity contribution in [2.45, 2.75) is 33.5 Å². The number of imidazole rings is 2. The number of carbonyl (C=O) groups excluding carboxylic acids is 3. The van der Waals surface area contributed by atoms with Crippen LogP contribution in [0.2, 0.25) is 0 Å². The number of aldehydes is 1. The second kappa shape index (κ2) is 11.1. The molecule has 3 aromatic heterocycles. The molecular formula is C28H30BN9O3. The summed E-state index contributed by atoms with van der Waals surface area (Å²) in [6, 6.07) is 10.5. The number of amides is 2. The number of nitrogens with two attached hydrogens (primary N) is 1. The predicted molar refractivity (Wildman–Crippen MR) is 161 cm³/mol. The molecule has 41 heavy (non-hydrogen) atoms. The molecule has 0 spiro atoms. The van der Waals surface area contributed by atoms with Crippen LogP contribution in [0.4, 0.5) is 11.9 Å². The van der Waals surface area contributed by atoms with Crippen molar-refractivity contribution in [1.29, 1.82) is 0 Å². The first-order valence-corrected chi connectivity index (χ1v) is 13.2. The third-order valence-corrected chi connectivity index (χ3v) is 6.85. The number of anilines is 2. The van der Waals surface area contributed by atoms with Gasteiger partial charge in [-0.1, -0.05) is 23.7 Å². The molecular weight excluding hydrogens is 521 g/mol. The van der Waals surface area contributed by atoms with Gasteiger partial charge in [0.25, 0.3) is 5.91 Å². The zero-order valence-electron chi connectivity index (χ0n) is 23.3. The standard InChI is InChI=1S/C28H30BN9O3/c1-4-38-23(11-16(2)35-38)26(41)34-28-33-21-14-18(25(30)40)13-19(29)24(21)37(28)10-6-5-9-36-22-8-7-17(15-39)12-20(22)32-27(36)31-3/h5-8,11-15H,4,9-10,29H2,1-3H3,(H2,30,40)(H,31,32)(H,33,34,41)/b6-5+. The van der Waals surface area contributed by atoms with E-state index in [-0.39, 0.29) is 5.91 Å². The summed E-state index contributed by atoms with van der Waals surface area (Å²) in [7, 11) is 3.67. The van der Waals surface area contributed by atoms with Gasteiger partial charge in [0.2, 0.25) is 17.8 Å². The second-order valence-corrected chi connectivity index (χ2v) is 9.65. The molecule has 0 fully saturated rings. The average Bonchev–Trinajstić information content (AvgIpc) is 3.62. The first-order chi connectivity index (χ1) is 19.7. The number of carbonyl (C=O) groups is 3. The summed E-state index contributed by atoms with van der Waals surface area (Å²) in [4.78, 5) is 45.6. The Morgan fingerprint density at radius 3 is 2.44 bits per heavy atom. The fourth-order valence-electron chi connectivity index (χ4n) is 4.98. The number of fused-ring (bicyclic) bond motifs is 2. The Kier molecular flexibility index (Phi) is 7.42. The molecule has 2 aromatic carbocycles. The van der Waals surface area contributed by atoms with E-state index >= 15 is 0 Å². The second-order valence-electron chi connectivity index (χ2n) is 9.65. The predicted octanol–water partition coefficient (Wildman–Crippen LogP) is 1.63. The van der Waals surface area contributed by atoms with E-state index in [2.05, 4.69) is 25.7 Å². The van der Waals surface area contributed by atoms with Crippen molar-refractivity contribution in [3.8, 4) is 0 Å². The Morgan fingerprint density at radius 2 is 1.76 bits per heavy atom. The molecule has 5 rings (SSSR count). The van der Waals surface area contributed by atoms with E-state index in [0.717, 1.165) is 34.0 Å². The number of aryl methyl sites for hydroxylation is 2. The van der Waals surface area contributed by atoms with Crippen LogP contribution in [0.3, 0.4) is 0 Å². The van der Waals surface area contributed by atoms with E-state index in [1.165, 1.54) is 0 Å². The van der Waals surface area contributed by atoms with Crippen molar-refractivity contribution in [2.24, 2.45) is 5.73 Å². The highest BCUT2D eigenvalue weighted by Crippen LogP contribution is 2.22. The maximum atomic E-state index is 13.3. The maximum absolute atomic E-state index is 13.3. The molecule has 0 atom stereocenters. The number of nitrogens with one attached hydrogen (secondary N) is 2. The summed E-state index contributed by atoms with van der Waals surface area (Å²) in [6.45, 7) is 5.21. The molecule has 4 N–H and O–H groups in total. The monoisotopic (exact) mass is 551 g/mol. The topological polar surface area (TPSA) is 155 Å². The summed E-state index contributed by atoms with van der Waals surface area (Å²) >= 11 is 0. The molecule has 2 amide bonds. The van der Waals surface area contributed by atoms with Gasteiger partial charge in [-0.05, 0) is 44.2 Å². The lowest BCUT2D eigenvalue weighted by molar-refractivity contribution is 0.0996. The number of aromatic nitrogens is 6. The van der Waals surface area contributed by atoms with Crippen LogP contribution in [0.25, 0.3) is 22.1 Å². The highest BCUT2D eigenvalue weighted by atomic mass is 16.2.